The molecular formula is C18H14F3N5O3S2. The average Bonchev–Trinajstić information content (AvgIpc) is 3.26. The van der Waals surface area contributed by atoms with Crippen molar-refractivity contribution in [3.05, 3.63) is 52.7 Å². The number of halogens is 3. The number of benzene rings is 1. The highest BCUT2D eigenvalue weighted by Crippen LogP contribution is 2.29. The molecule has 1 aromatic carbocycles. The van der Waals surface area contributed by atoms with E-state index in [0.29, 0.717) is 10.7 Å². The van der Waals surface area contributed by atoms with Gasteiger partial charge in [0.25, 0.3) is 5.91 Å². The smallest absolute Gasteiger partial charge is 0.416 e. The van der Waals surface area contributed by atoms with Gasteiger partial charge in [-0.25, -0.2) is 14.8 Å². The number of rotatable bonds is 7. The van der Waals surface area contributed by atoms with Crippen LogP contribution in [0.4, 0.5) is 13.2 Å². The van der Waals surface area contributed by atoms with Crippen LogP contribution in [0, 0.1) is 0 Å². The summed E-state index contributed by atoms with van der Waals surface area (Å²) in [6, 6.07) is 4.03. The second-order valence-corrected chi connectivity index (χ2v) is 7.41. The Kier molecular flexibility index (Phi) is 7.17. The Morgan fingerprint density at radius 2 is 1.97 bits per heavy atom. The highest BCUT2D eigenvalue weighted by atomic mass is 32.2. The van der Waals surface area contributed by atoms with E-state index in [1.807, 2.05) is 6.26 Å². The number of esters is 1. The first kappa shape index (κ1) is 22.6. The molecule has 31 heavy (non-hydrogen) atoms. The van der Waals surface area contributed by atoms with Crippen LogP contribution in [-0.2, 0) is 10.9 Å². The Labute approximate surface area is 182 Å². The van der Waals surface area contributed by atoms with Gasteiger partial charge < -0.3 is 10.1 Å². The molecule has 2 heterocycles. The second-order valence-electron chi connectivity index (χ2n) is 5.88. The topological polar surface area (TPSA) is 107 Å². The summed E-state index contributed by atoms with van der Waals surface area (Å²) in [6.07, 6.45) is 0.310. The Bertz CT molecular complexity index is 1070. The van der Waals surface area contributed by atoms with Gasteiger partial charge in [0, 0.05) is 23.5 Å². The summed E-state index contributed by atoms with van der Waals surface area (Å²) in [5, 5.41) is 6.87. The summed E-state index contributed by atoms with van der Waals surface area (Å²) < 4.78 is 47.1. The molecule has 0 bridgehead atoms. The van der Waals surface area contributed by atoms with Crippen LogP contribution < -0.4 is 5.32 Å². The summed E-state index contributed by atoms with van der Waals surface area (Å²) in [4.78, 5) is 32.7. The highest BCUT2D eigenvalue weighted by Gasteiger charge is 2.30. The van der Waals surface area contributed by atoms with Crippen molar-refractivity contribution in [2.24, 2.45) is 0 Å². The molecule has 0 unspecified atom stereocenters. The monoisotopic (exact) mass is 469 g/mol. The number of ether oxygens (including phenoxy) is 1. The largest absolute Gasteiger partial charge is 0.460 e. The van der Waals surface area contributed by atoms with Gasteiger partial charge in [0.2, 0.25) is 0 Å². The van der Waals surface area contributed by atoms with E-state index < -0.39 is 23.6 Å². The molecule has 3 rings (SSSR count). The molecule has 0 atom stereocenters. The number of nitrogens with one attached hydrogen (secondary N) is 1. The van der Waals surface area contributed by atoms with Crippen LogP contribution in [0.5, 0.6) is 0 Å². The molecule has 0 aliphatic rings. The Morgan fingerprint density at radius 3 is 2.65 bits per heavy atom. The minimum Gasteiger partial charge on any atom is -0.460 e. The fourth-order valence-electron chi connectivity index (χ4n) is 2.37. The van der Waals surface area contributed by atoms with Crippen molar-refractivity contribution < 1.29 is 27.5 Å². The van der Waals surface area contributed by atoms with Crippen LogP contribution in [0.3, 0.4) is 0 Å². The molecule has 1 N–H and O–H groups in total. The standard InChI is InChI=1S/C18H14F3N5O3S2/c1-30-17-23-8-11(9-24-17)13-14(31-26-25-13)16(28)29-6-5-22-15(27)10-3-2-4-12(7-10)18(19,20)21/h2-4,7-9H,5-6H2,1H3,(H,22,27). The number of aromatic nitrogens is 4. The predicted octanol–water partition coefficient (Wildman–Crippen LogP) is 3.32. The molecule has 0 spiro atoms. The van der Waals surface area contributed by atoms with E-state index in [9.17, 15) is 22.8 Å². The third-order valence-corrected chi connectivity index (χ3v) is 5.11. The number of thioether (sulfide) groups is 1. The summed E-state index contributed by atoms with van der Waals surface area (Å²) in [5.74, 6) is -1.42. The highest BCUT2D eigenvalue weighted by molar-refractivity contribution is 7.98. The van der Waals surface area contributed by atoms with Crippen molar-refractivity contribution in [3.8, 4) is 11.3 Å². The van der Waals surface area contributed by atoms with E-state index in [1.54, 1.807) is 0 Å². The summed E-state index contributed by atoms with van der Waals surface area (Å²) in [6.45, 7) is -0.281. The van der Waals surface area contributed by atoms with Crippen molar-refractivity contribution in [2.75, 3.05) is 19.4 Å². The molecule has 8 nitrogen and oxygen atoms in total. The normalized spacial score (nSPS) is 11.2. The van der Waals surface area contributed by atoms with Crippen LogP contribution in [0.2, 0.25) is 0 Å². The molecule has 0 aliphatic carbocycles. The molecule has 0 saturated carbocycles. The van der Waals surface area contributed by atoms with E-state index >= 15 is 0 Å². The maximum absolute atomic E-state index is 12.7. The molecule has 162 valence electrons. The molecule has 13 heteroatoms. The molecule has 2 aromatic heterocycles. The maximum Gasteiger partial charge on any atom is 0.416 e. The zero-order valence-electron chi connectivity index (χ0n) is 15.8. The molecular weight excluding hydrogens is 455 g/mol. The van der Waals surface area contributed by atoms with E-state index in [1.165, 1.54) is 30.2 Å². The predicted molar refractivity (Wildman–Crippen MR) is 107 cm³/mol. The lowest BCUT2D eigenvalue weighted by Gasteiger charge is -2.09. The first-order valence-corrected chi connectivity index (χ1v) is 10.6. The van der Waals surface area contributed by atoms with Crippen molar-refractivity contribution in [3.63, 3.8) is 0 Å². The third kappa shape index (κ3) is 5.76. The number of amides is 1. The van der Waals surface area contributed by atoms with Crippen molar-refractivity contribution >= 4 is 35.2 Å². The fraction of sp³-hybridized carbons (Fsp3) is 0.222. The number of hydrogen-bond donors (Lipinski definition) is 1. The second kappa shape index (κ2) is 9.83. The zero-order valence-corrected chi connectivity index (χ0v) is 17.5. The number of nitrogens with zero attached hydrogens (tertiary/aromatic N) is 4. The van der Waals surface area contributed by atoms with E-state index in [4.69, 9.17) is 4.74 Å². The molecule has 0 saturated heterocycles. The van der Waals surface area contributed by atoms with Crippen LogP contribution >= 0.6 is 23.3 Å². The van der Waals surface area contributed by atoms with Crippen LogP contribution in [0.25, 0.3) is 11.3 Å². The number of hydrogen-bond acceptors (Lipinski definition) is 9. The Balaban J connectivity index is 1.54. The van der Waals surface area contributed by atoms with Gasteiger partial charge >= 0.3 is 12.1 Å². The van der Waals surface area contributed by atoms with E-state index in [-0.39, 0.29) is 29.3 Å². The molecule has 0 aliphatic heterocycles. The minimum atomic E-state index is -4.55. The minimum absolute atomic E-state index is 0.0894. The fourth-order valence-corrected chi connectivity index (χ4v) is 3.27. The molecule has 0 fully saturated rings. The summed E-state index contributed by atoms with van der Waals surface area (Å²) in [5.41, 5.74) is -0.304. The van der Waals surface area contributed by atoms with Gasteiger partial charge in [0.15, 0.2) is 10.0 Å². The average molecular weight is 469 g/mol. The number of alkyl halides is 3. The quantitative estimate of drug-likeness (QED) is 0.243. The lowest BCUT2D eigenvalue weighted by molar-refractivity contribution is -0.137. The van der Waals surface area contributed by atoms with Crippen molar-refractivity contribution in [1.29, 1.82) is 0 Å². The van der Waals surface area contributed by atoms with Gasteiger partial charge in [-0.05, 0) is 36.0 Å². The van der Waals surface area contributed by atoms with Crippen molar-refractivity contribution in [2.45, 2.75) is 11.3 Å². The first-order chi connectivity index (χ1) is 14.8. The van der Waals surface area contributed by atoms with Crippen molar-refractivity contribution in [1.82, 2.24) is 24.9 Å². The molecule has 3 aromatic rings. The van der Waals surface area contributed by atoms with Crippen LogP contribution in [0.1, 0.15) is 25.6 Å². The summed E-state index contributed by atoms with van der Waals surface area (Å²) in [7, 11) is 0. The SMILES string of the molecule is CSc1ncc(-c2nnsc2C(=O)OCCNC(=O)c2cccc(C(F)(F)F)c2)cn1. The van der Waals surface area contributed by atoms with Gasteiger partial charge in [-0.15, -0.1) is 5.10 Å². The molecule has 1 amide bonds. The van der Waals surface area contributed by atoms with Gasteiger partial charge in [-0.3, -0.25) is 4.79 Å². The van der Waals surface area contributed by atoms with Gasteiger partial charge in [-0.1, -0.05) is 22.3 Å². The summed E-state index contributed by atoms with van der Waals surface area (Å²) >= 11 is 2.20. The third-order valence-electron chi connectivity index (χ3n) is 3.83. The lowest BCUT2D eigenvalue weighted by atomic mass is 10.1. The van der Waals surface area contributed by atoms with Crippen LogP contribution in [0.15, 0.2) is 41.8 Å². The lowest BCUT2D eigenvalue weighted by Crippen LogP contribution is -2.28. The Hall–Kier alpha value is -3.06. The number of carbonyl (C=O) groups excluding carboxylic acids is 2. The maximum atomic E-state index is 12.7. The number of carbonyl (C=O) groups is 2. The van der Waals surface area contributed by atoms with Gasteiger partial charge in [-0.2, -0.15) is 13.2 Å². The van der Waals surface area contributed by atoms with Gasteiger partial charge in [0.05, 0.1) is 12.1 Å². The van der Waals surface area contributed by atoms with E-state index in [0.717, 1.165) is 29.7 Å². The van der Waals surface area contributed by atoms with Gasteiger partial charge in [0.1, 0.15) is 12.3 Å². The van der Waals surface area contributed by atoms with Crippen LogP contribution in [-0.4, -0.2) is 50.8 Å². The van der Waals surface area contributed by atoms with E-state index in [2.05, 4.69) is 24.9 Å². The Morgan fingerprint density at radius 1 is 1.23 bits per heavy atom. The zero-order chi connectivity index (χ0) is 22.4. The first-order valence-electron chi connectivity index (χ1n) is 8.61. The molecule has 0 radical (unpaired) electrons.